The fraction of sp³-hybridized carbons (Fsp3) is 0.667. The summed E-state index contributed by atoms with van der Waals surface area (Å²) in [7, 11) is 0. The number of urea groups is 1. The van der Waals surface area contributed by atoms with Crippen LogP contribution in [-0.4, -0.2) is 64.4 Å². The van der Waals surface area contributed by atoms with Gasteiger partial charge < -0.3 is 14.9 Å². The Hall–Kier alpha value is -1.51. The number of carbonyl (C=O) groups excluding carboxylic acids is 3. The summed E-state index contributed by atoms with van der Waals surface area (Å²) >= 11 is 0. The van der Waals surface area contributed by atoms with Crippen molar-refractivity contribution in [3.8, 4) is 0 Å². The van der Waals surface area contributed by atoms with Crippen LogP contribution in [0.5, 0.6) is 0 Å². The third-order valence-corrected chi connectivity index (χ3v) is 2.78. The van der Waals surface area contributed by atoms with Gasteiger partial charge in [0.1, 0.15) is 12.3 Å². The molecule has 8 nitrogen and oxygen atoms in total. The Balaban J connectivity index is 2.06. The maximum Gasteiger partial charge on any atom is 0.326 e. The van der Waals surface area contributed by atoms with Crippen molar-refractivity contribution in [2.75, 3.05) is 13.2 Å². The van der Waals surface area contributed by atoms with Gasteiger partial charge in [-0.05, 0) is 0 Å². The summed E-state index contributed by atoms with van der Waals surface area (Å²) in [6.45, 7) is -0.750. The van der Waals surface area contributed by atoms with E-state index in [1.807, 2.05) is 5.32 Å². The monoisotopic (exact) mass is 244 g/mol. The highest BCUT2D eigenvalue weighted by atomic mass is 16.5. The highest BCUT2D eigenvalue weighted by Gasteiger charge is 2.42. The molecule has 0 bridgehead atoms. The van der Waals surface area contributed by atoms with E-state index in [1.54, 1.807) is 0 Å². The van der Waals surface area contributed by atoms with Gasteiger partial charge in [-0.25, -0.2) is 4.79 Å². The van der Waals surface area contributed by atoms with Crippen LogP contribution in [0.25, 0.3) is 0 Å². The van der Waals surface area contributed by atoms with Gasteiger partial charge in [0, 0.05) is 6.42 Å². The fourth-order valence-electron chi connectivity index (χ4n) is 1.84. The number of ether oxygens (including phenoxy) is 1. The van der Waals surface area contributed by atoms with Gasteiger partial charge in [0.05, 0.1) is 19.3 Å². The van der Waals surface area contributed by atoms with Gasteiger partial charge in [0.15, 0.2) is 0 Å². The van der Waals surface area contributed by atoms with E-state index >= 15 is 0 Å². The van der Waals surface area contributed by atoms with Crippen LogP contribution in [-0.2, 0) is 14.3 Å². The molecule has 3 N–H and O–H groups in total. The number of nitrogens with one attached hydrogen (secondary N) is 1. The molecule has 2 rings (SSSR count). The predicted octanol–water partition coefficient (Wildman–Crippen LogP) is -2.42. The Bertz CT molecular complexity index is 370. The van der Waals surface area contributed by atoms with Crippen LogP contribution in [0.2, 0.25) is 0 Å². The zero-order valence-corrected chi connectivity index (χ0v) is 8.83. The first kappa shape index (κ1) is 12.0. The fourth-order valence-corrected chi connectivity index (χ4v) is 1.84. The third-order valence-electron chi connectivity index (χ3n) is 2.78. The van der Waals surface area contributed by atoms with Gasteiger partial charge in [0.2, 0.25) is 5.78 Å². The number of nitrogens with zero attached hydrogens (tertiary/aromatic N) is 1. The Labute approximate surface area is 96.1 Å². The van der Waals surface area contributed by atoms with Crippen LogP contribution >= 0.6 is 0 Å². The van der Waals surface area contributed by atoms with E-state index in [0.29, 0.717) is 0 Å². The maximum absolute atomic E-state index is 11.5. The van der Waals surface area contributed by atoms with E-state index < -0.39 is 36.2 Å². The van der Waals surface area contributed by atoms with Gasteiger partial charge in [-0.15, -0.1) is 0 Å². The quantitative estimate of drug-likeness (QED) is 0.465. The first-order valence-corrected chi connectivity index (χ1v) is 5.12. The van der Waals surface area contributed by atoms with Crippen molar-refractivity contribution in [3.05, 3.63) is 0 Å². The summed E-state index contributed by atoms with van der Waals surface area (Å²) in [6.07, 6.45) is -2.38. The molecule has 0 aliphatic carbocycles. The van der Waals surface area contributed by atoms with E-state index in [2.05, 4.69) is 0 Å². The molecule has 2 aliphatic rings. The molecule has 17 heavy (non-hydrogen) atoms. The molecule has 3 amide bonds. The zero-order valence-electron chi connectivity index (χ0n) is 8.83. The van der Waals surface area contributed by atoms with Crippen LogP contribution < -0.4 is 5.32 Å². The number of aliphatic hydroxyl groups excluding tert-OH is 2. The van der Waals surface area contributed by atoms with Crippen molar-refractivity contribution in [1.82, 2.24) is 10.2 Å². The lowest BCUT2D eigenvalue weighted by Gasteiger charge is -2.30. The van der Waals surface area contributed by atoms with E-state index in [4.69, 9.17) is 9.84 Å². The molecule has 2 aliphatic heterocycles. The largest absolute Gasteiger partial charge is 0.394 e. The molecule has 0 aromatic carbocycles. The number of imide groups is 1. The zero-order chi connectivity index (χ0) is 12.6. The molecule has 0 spiro atoms. The van der Waals surface area contributed by atoms with Gasteiger partial charge in [-0.1, -0.05) is 0 Å². The minimum Gasteiger partial charge on any atom is -0.394 e. The number of ketones is 1. The highest BCUT2D eigenvalue weighted by molar-refractivity contribution is 6.41. The second-order valence-corrected chi connectivity index (χ2v) is 3.93. The lowest BCUT2D eigenvalue weighted by Crippen LogP contribution is -2.58. The summed E-state index contributed by atoms with van der Waals surface area (Å²) in [5.74, 6) is -1.68. The van der Waals surface area contributed by atoms with Crippen LogP contribution in [0.1, 0.15) is 6.42 Å². The van der Waals surface area contributed by atoms with Crippen LogP contribution in [0, 0.1) is 0 Å². The van der Waals surface area contributed by atoms with E-state index in [9.17, 15) is 19.5 Å². The Morgan fingerprint density at radius 1 is 1.41 bits per heavy atom. The molecule has 0 aromatic rings. The predicted molar refractivity (Wildman–Crippen MR) is 51.6 cm³/mol. The van der Waals surface area contributed by atoms with Gasteiger partial charge in [-0.3, -0.25) is 19.8 Å². The molecule has 2 heterocycles. The molecular formula is C9H12N2O6. The Kier molecular flexibility index (Phi) is 3.09. The van der Waals surface area contributed by atoms with Gasteiger partial charge in [0.25, 0.3) is 5.91 Å². The van der Waals surface area contributed by atoms with Crippen LogP contribution in [0.4, 0.5) is 4.79 Å². The number of carbonyl (C=O) groups is 3. The second kappa shape index (κ2) is 4.40. The number of rotatable bonds is 2. The van der Waals surface area contributed by atoms with Gasteiger partial charge in [-0.2, -0.15) is 0 Å². The smallest absolute Gasteiger partial charge is 0.326 e. The number of Topliss-reactive ketones (excluding diaryl/α,β-unsaturated/α-hetero) is 1. The SMILES string of the molecule is O=C1CN([C@H]2C[C@H](O)[C@@H](CO)O2)C(=O)NC1=O. The lowest BCUT2D eigenvalue weighted by molar-refractivity contribution is -0.142. The second-order valence-electron chi connectivity index (χ2n) is 3.93. The van der Waals surface area contributed by atoms with E-state index in [0.717, 1.165) is 4.90 Å². The van der Waals surface area contributed by atoms with Crippen molar-refractivity contribution in [3.63, 3.8) is 0 Å². The molecule has 0 unspecified atom stereocenters. The first-order chi connectivity index (χ1) is 8.02. The Morgan fingerprint density at radius 3 is 2.71 bits per heavy atom. The van der Waals surface area contributed by atoms with Crippen LogP contribution in [0.3, 0.4) is 0 Å². The molecular weight excluding hydrogens is 232 g/mol. The van der Waals surface area contributed by atoms with Crippen LogP contribution in [0.15, 0.2) is 0 Å². The summed E-state index contributed by atoms with van der Waals surface area (Å²) in [5, 5.41) is 20.3. The molecule has 0 aromatic heterocycles. The lowest BCUT2D eigenvalue weighted by atomic mass is 10.2. The maximum atomic E-state index is 11.5. The van der Waals surface area contributed by atoms with Crippen molar-refractivity contribution in [2.24, 2.45) is 0 Å². The van der Waals surface area contributed by atoms with E-state index in [-0.39, 0.29) is 19.6 Å². The summed E-state index contributed by atoms with van der Waals surface area (Å²) < 4.78 is 5.22. The van der Waals surface area contributed by atoms with Crippen molar-refractivity contribution in [1.29, 1.82) is 0 Å². The number of hydrogen-bond donors (Lipinski definition) is 3. The Morgan fingerprint density at radius 2 is 2.12 bits per heavy atom. The standard InChI is InChI=1S/C9H12N2O6/c12-3-6-4(13)1-7(17-6)11-2-5(14)8(15)10-9(11)16/h4,6-7,12-13H,1-3H2,(H,10,15,16)/t4-,6+,7+/m0/s1. The summed E-state index contributed by atoms with van der Waals surface area (Å²) in [6, 6.07) is -0.731. The first-order valence-electron chi connectivity index (χ1n) is 5.12. The average molecular weight is 244 g/mol. The summed E-state index contributed by atoms with van der Waals surface area (Å²) in [4.78, 5) is 34.6. The van der Waals surface area contributed by atoms with Crippen molar-refractivity contribution < 1.29 is 29.3 Å². The summed E-state index contributed by atoms with van der Waals surface area (Å²) in [5.41, 5.74) is 0. The number of hydrogen-bond acceptors (Lipinski definition) is 6. The molecule has 2 saturated heterocycles. The molecule has 8 heteroatoms. The average Bonchev–Trinajstić information content (AvgIpc) is 2.65. The number of aliphatic hydroxyl groups is 2. The third kappa shape index (κ3) is 2.14. The molecule has 3 atom stereocenters. The molecule has 2 fully saturated rings. The minimum absolute atomic E-state index is 0.0973. The van der Waals surface area contributed by atoms with Crippen molar-refractivity contribution >= 4 is 17.7 Å². The molecule has 0 saturated carbocycles. The minimum atomic E-state index is -0.941. The topological polar surface area (TPSA) is 116 Å². The molecule has 0 radical (unpaired) electrons. The molecule has 94 valence electrons. The van der Waals surface area contributed by atoms with Gasteiger partial charge >= 0.3 is 6.03 Å². The normalized spacial score (nSPS) is 34.1. The van der Waals surface area contributed by atoms with Crippen molar-refractivity contribution in [2.45, 2.75) is 24.9 Å². The number of amides is 3. The van der Waals surface area contributed by atoms with E-state index in [1.165, 1.54) is 0 Å². The highest BCUT2D eigenvalue weighted by Crippen LogP contribution is 2.23.